The molecule has 0 spiro atoms. The molecular formula is C24H30ClNO. The first kappa shape index (κ1) is 19.0. The average molecular weight is 384 g/mol. The molecule has 144 valence electrons. The highest BCUT2D eigenvalue weighted by atomic mass is 35.5. The Hall–Kier alpha value is -1.35. The summed E-state index contributed by atoms with van der Waals surface area (Å²) >= 11 is 0. The Morgan fingerprint density at radius 3 is 2.52 bits per heavy atom. The molecule has 1 N–H and O–H groups in total. The molecular weight excluding hydrogens is 354 g/mol. The zero-order chi connectivity index (χ0) is 17.9. The summed E-state index contributed by atoms with van der Waals surface area (Å²) in [5.41, 5.74) is 7.11. The highest BCUT2D eigenvalue weighted by Crippen LogP contribution is 2.49. The quantitative estimate of drug-likeness (QED) is 0.758. The zero-order valence-corrected chi connectivity index (χ0v) is 17.1. The second kappa shape index (κ2) is 6.92. The second-order valence-corrected chi connectivity index (χ2v) is 8.89. The first-order chi connectivity index (χ1) is 12.6. The SMILES string of the molecule is CC(C)[C@]1(O)CCN2C[C@H]3c4ccccc4CCc4cccc(c43)[C@@H]2C1.Cl. The largest absolute Gasteiger partial charge is 0.390 e. The van der Waals surface area contributed by atoms with Crippen LogP contribution in [0, 0.1) is 5.92 Å². The van der Waals surface area contributed by atoms with Crippen LogP contribution in [0.5, 0.6) is 0 Å². The lowest BCUT2D eigenvalue weighted by molar-refractivity contribution is -0.0822. The zero-order valence-electron chi connectivity index (χ0n) is 16.3. The van der Waals surface area contributed by atoms with Crippen LogP contribution in [0.2, 0.25) is 0 Å². The Morgan fingerprint density at radius 2 is 1.70 bits per heavy atom. The number of aryl methyl sites for hydroxylation is 2. The fraction of sp³-hybridized carbons (Fsp3) is 0.500. The van der Waals surface area contributed by atoms with Gasteiger partial charge in [0, 0.05) is 25.0 Å². The highest BCUT2D eigenvalue weighted by molar-refractivity contribution is 5.85. The van der Waals surface area contributed by atoms with Crippen LogP contribution in [-0.2, 0) is 12.8 Å². The molecule has 27 heavy (non-hydrogen) atoms. The first-order valence-corrected chi connectivity index (χ1v) is 10.2. The number of piperidine rings is 1. The summed E-state index contributed by atoms with van der Waals surface area (Å²) in [7, 11) is 0. The van der Waals surface area contributed by atoms with E-state index in [0.717, 1.165) is 38.8 Å². The number of fused-ring (bicyclic) bond motifs is 4. The normalized spacial score (nSPS) is 29.2. The van der Waals surface area contributed by atoms with E-state index >= 15 is 0 Å². The summed E-state index contributed by atoms with van der Waals surface area (Å²) in [6.45, 7) is 6.44. The molecule has 3 atom stereocenters. The Labute approximate surface area is 169 Å². The molecule has 2 nitrogen and oxygen atoms in total. The minimum atomic E-state index is -0.528. The van der Waals surface area contributed by atoms with E-state index in [4.69, 9.17) is 0 Å². The molecule has 3 aliphatic rings. The number of hydrogen-bond donors (Lipinski definition) is 1. The minimum Gasteiger partial charge on any atom is -0.390 e. The highest BCUT2D eigenvalue weighted by Gasteiger charge is 2.45. The Morgan fingerprint density at radius 1 is 1.00 bits per heavy atom. The monoisotopic (exact) mass is 383 g/mol. The number of rotatable bonds is 1. The van der Waals surface area contributed by atoms with Gasteiger partial charge in [0.2, 0.25) is 0 Å². The molecule has 0 saturated carbocycles. The van der Waals surface area contributed by atoms with Gasteiger partial charge in [0.25, 0.3) is 0 Å². The van der Waals surface area contributed by atoms with Crippen LogP contribution < -0.4 is 0 Å². The summed E-state index contributed by atoms with van der Waals surface area (Å²) in [5, 5.41) is 11.2. The van der Waals surface area contributed by atoms with Gasteiger partial charge < -0.3 is 5.11 Å². The van der Waals surface area contributed by atoms with Gasteiger partial charge in [0.05, 0.1) is 5.60 Å². The third-order valence-electron chi connectivity index (χ3n) is 7.34. The number of benzene rings is 2. The van der Waals surface area contributed by atoms with Gasteiger partial charge in [0.15, 0.2) is 0 Å². The lowest BCUT2D eigenvalue weighted by Crippen LogP contribution is -2.51. The van der Waals surface area contributed by atoms with Gasteiger partial charge in [0.1, 0.15) is 0 Å². The molecule has 0 aromatic heterocycles. The molecule has 5 rings (SSSR count). The van der Waals surface area contributed by atoms with Gasteiger partial charge in [-0.25, -0.2) is 0 Å². The van der Waals surface area contributed by atoms with Crippen molar-refractivity contribution in [2.75, 3.05) is 13.1 Å². The van der Waals surface area contributed by atoms with Crippen LogP contribution in [0.3, 0.4) is 0 Å². The molecule has 2 aromatic carbocycles. The van der Waals surface area contributed by atoms with Crippen LogP contribution in [0.25, 0.3) is 0 Å². The number of nitrogens with zero attached hydrogens (tertiary/aromatic N) is 1. The van der Waals surface area contributed by atoms with E-state index < -0.39 is 5.60 Å². The van der Waals surface area contributed by atoms with Crippen molar-refractivity contribution in [3.8, 4) is 0 Å². The van der Waals surface area contributed by atoms with Gasteiger partial charge in [-0.15, -0.1) is 12.4 Å². The minimum absolute atomic E-state index is 0. The maximum atomic E-state index is 11.2. The van der Waals surface area contributed by atoms with Crippen LogP contribution in [-0.4, -0.2) is 28.7 Å². The lowest BCUT2D eigenvalue weighted by atomic mass is 9.71. The van der Waals surface area contributed by atoms with Crippen molar-refractivity contribution in [2.45, 2.75) is 57.1 Å². The molecule has 1 saturated heterocycles. The molecule has 0 radical (unpaired) electrons. The number of hydrogen-bond acceptors (Lipinski definition) is 2. The summed E-state index contributed by atoms with van der Waals surface area (Å²) in [5.74, 6) is 0.798. The van der Waals surface area contributed by atoms with E-state index in [1.807, 2.05) is 0 Å². The molecule has 1 fully saturated rings. The number of halogens is 1. The summed E-state index contributed by atoms with van der Waals surface area (Å²) in [6, 6.07) is 16.3. The first-order valence-electron chi connectivity index (χ1n) is 10.2. The summed E-state index contributed by atoms with van der Waals surface area (Å²) in [4.78, 5) is 2.65. The van der Waals surface area contributed by atoms with Crippen molar-refractivity contribution in [3.63, 3.8) is 0 Å². The van der Waals surface area contributed by atoms with Gasteiger partial charge in [-0.2, -0.15) is 0 Å². The van der Waals surface area contributed by atoms with E-state index in [-0.39, 0.29) is 12.4 Å². The average Bonchev–Trinajstić information content (AvgIpc) is 2.81. The van der Waals surface area contributed by atoms with Crippen LogP contribution in [0.15, 0.2) is 42.5 Å². The van der Waals surface area contributed by atoms with Crippen LogP contribution >= 0.6 is 12.4 Å². The van der Waals surface area contributed by atoms with Crippen LogP contribution in [0.4, 0.5) is 0 Å². The third kappa shape index (κ3) is 2.93. The maximum Gasteiger partial charge on any atom is 0.0700 e. The van der Waals surface area contributed by atoms with Crippen LogP contribution in [0.1, 0.15) is 66.5 Å². The maximum absolute atomic E-state index is 11.2. The molecule has 3 heteroatoms. The second-order valence-electron chi connectivity index (χ2n) is 8.89. The Bertz CT molecular complexity index is 848. The van der Waals surface area contributed by atoms with Crippen molar-refractivity contribution >= 4 is 12.4 Å². The molecule has 0 amide bonds. The van der Waals surface area contributed by atoms with Crippen molar-refractivity contribution in [2.24, 2.45) is 5.92 Å². The van der Waals surface area contributed by atoms with Gasteiger partial charge in [-0.05, 0) is 59.4 Å². The number of aliphatic hydroxyl groups is 1. The van der Waals surface area contributed by atoms with Crippen molar-refractivity contribution in [1.82, 2.24) is 4.90 Å². The standard InChI is InChI=1S/C24H29NO.ClH/c1-16(2)24(26)12-13-25-15-21-19-8-4-3-6-17(19)10-11-18-7-5-9-20(23(18)21)22(25)14-24;/h3-9,16,21-22,26H,10-15H2,1-2H3;1H/t21-,22-,24-;/m0./s1. The fourth-order valence-electron chi connectivity index (χ4n) is 5.63. The molecule has 2 heterocycles. The van der Waals surface area contributed by atoms with E-state index in [1.54, 1.807) is 5.56 Å². The summed E-state index contributed by atoms with van der Waals surface area (Å²) < 4.78 is 0. The van der Waals surface area contributed by atoms with E-state index in [2.05, 4.69) is 61.2 Å². The predicted molar refractivity (Wildman–Crippen MR) is 113 cm³/mol. The van der Waals surface area contributed by atoms with Crippen molar-refractivity contribution < 1.29 is 5.11 Å². The van der Waals surface area contributed by atoms with E-state index in [9.17, 15) is 5.11 Å². The predicted octanol–water partition coefficient (Wildman–Crippen LogP) is 4.88. The van der Waals surface area contributed by atoms with Crippen molar-refractivity contribution in [1.29, 1.82) is 0 Å². The van der Waals surface area contributed by atoms with Gasteiger partial charge in [-0.1, -0.05) is 56.3 Å². The lowest BCUT2D eigenvalue weighted by Gasteiger charge is -2.50. The fourth-order valence-corrected chi connectivity index (χ4v) is 5.63. The Balaban J connectivity index is 0.00000180. The summed E-state index contributed by atoms with van der Waals surface area (Å²) in [6.07, 6.45) is 4.04. The van der Waals surface area contributed by atoms with E-state index in [0.29, 0.717) is 17.9 Å². The molecule has 2 aliphatic heterocycles. The molecule has 2 aromatic rings. The van der Waals surface area contributed by atoms with Crippen molar-refractivity contribution in [3.05, 3.63) is 70.3 Å². The Kier molecular flexibility index (Phi) is 4.86. The molecule has 0 unspecified atom stereocenters. The van der Waals surface area contributed by atoms with Gasteiger partial charge >= 0.3 is 0 Å². The van der Waals surface area contributed by atoms with Gasteiger partial charge in [-0.3, -0.25) is 4.90 Å². The van der Waals surface area contributed by atoms with E-state index in [1.165, 1.54) is 22.3 Å². The third-order valence-corrected chi connectivity index (χ3v) is 7.34. The molecule has 1 aliphatic carbocycles. The smallest absolute Gasteiger partial charge is 0.0700 e. The molecule has 0 bridgehead atoms. The topological polar surface area (TPSA) is 23.5 Å².